The molecule has 0 radical (unpaired) electrons. The SMILES string of the molecule is CCC(C)CCC(C)CF. The standard InChI is InChI=1S/C9H19F/c1-4-8(2)5-6-9(3)7-10/h8-9H,4-7H2,1-3H3. The number of rotatable bonds is 5. The molecular formula is C9H19F. The summed E-state index contributed by atoms with van der Waals surface area (Å²) in [5, 5.41) is 0. The van der Waals surface area contributed by atoms with Gasteiger partial charge in [0.05, 0.1) is 6.67 Å². The third kappa shape index (κ3) is 4.78. The summed E-state index contributed by atoms with van der Waals surface area (Å²) in [5.41, 5.74) is 0. The molecule has 0 amide bonds. The van der Waals surface area contributed by atoms with Crippen LogP contribution in [0.4, 0.5) is 4.39 Å². The van der Waals surface area contributed by atoms with Gasteiger partial charge in [-0.25, -0.2) is 0 Å². The van der Waals surface area contributed by atoms with Crippen LogP contribution in [-0.4, -0.2) is 6.67 Å². The van der Waals surface area contributed by atoms with E-state index in [9.17, 15) is 4.39 Å². The van der Waals surface area contributed by atoms with Crippen LogP contribution in [0.1, 0.15) is 40.0 Å². The van der Waals surface area contributed by atoms with Gasteiger partial charge >= 0.3 is 0 Å². The fourth-order valence-corrected chi connectivity index (χ4v) is 0.850. The van der Waals surface area contributed by atoms with Crippen molar-refractivity contribution >= 4 is 0 Å². The summed E-state index contributed by atoms with van der Waals surface area (Å²) >= 11 is 0. The maximum absolute atomic E-state index is 11.9. The third-order valence-electron chi connectivity index (χ3n) is 2.11. The lowest BCUT2D eigenvalue weighted by atomic mass is 9.97. The van der Waals surface area contributed by atoms with E-state index in [1.165, 1.54) is 12.8 Å². The number of hydrogen-bond acceptors (Lipinski definition) is 0. The molecule has 0 bridgehead atoms. The van der Waals surface area contributed by atoms with Gasteiger partial charge in [-0.2, -0.15) is 0 Å². The van der Waals surface area contributed by atoms with Crippen LogP contribution in [0.2, 0.25) is 0 Å². The first kappa shape index (κ1) is 9.93. The number of alkyl halides is 1. The van der Waals surface area contributed by atoms with Crippen molar-refractivity contribution < 1.29 is 4.39 Å². The highest BCUT2D eigenvalue weighted by molar-refractivity contribution is 4.55. The van der Waals surface area contributed by atoms with Crippen molar-refractivity contribution in [2.75, 3.05) is 6.67 Å². The summed E-state index contributed by atoms with van der Waals surface area (Å²) in [6.07, 6.45) is 3.45. The second-order valence-corrected chi connectivity index (χ2v) is 3.35. The fraction of sp³-hybridized carbons (Fsp3) is 1.00. The lowest BCUT2D eigenvalue weighted by molar-refractivity contribution is 0.337. The van der Waals surface area contributed by atoms with E-state index in [1.807, 2.05) is 6.92 Å². The van der Waals surface area contributed by atoms with Gasteiger partial charge in [0, 0.05) is 0 Å². The first-order chi connectivity index (χ1) is 4.70. The highest BCUT2D eigenvalue weighted by atomic mass is 19.1. The fourth-order valence-electron chi connectivity index (χ4n) is 0.850. The minimum Gasteiger partial charge on any atom is -0.251 e. The molecule has 0 aliphatic heterocycles. The molecule has 0 spiro atoms. The summed E-state index contributed by atoms with van der Waals surface area (Å²) < 4.78 is 11.9. The monoisotopic (exact) mass is 146 g/mol. The molecule has 0 nitrogen and oxygen atoms in total. The molecule has 0 saturated heterocycles. The van der Waals surface area contributed by atoms with E-state index in [0.717, 1.165) is 12.3 Å². The van der Waals surface area contributed by atoms with E-state index < -0.39 is 0 Å². The topological polar surface area (TPSA) is 0 Å². The van der Waals surface area contributed by atoms with E-state index in [0.29, 0.717) is 0 Å². The summed E-state index contributed by atoms with van der Waals surface area (Å²) in [6, 6.07) is 0. The maximum atomic E-state index is 11.9. The normalized spacial score (nSPS) is 16.8. The van der Waals surface area contributed by atoms with Crippen molar-refractivity contribution in [3.05, 3.63) is 0 Å². The molecule has 0 aromatic carbocycles. The predicted octanol–water partition coefficient (Wildman–Crippen LogP) is 3.42. The zero-order chi connectivity index (χ0) is 7.98. The average Bonchev–Trinajstić information content (AvgIpc) is 1.99. The van der Waals surface area contributed by atoms with Gasteiger partial charge in [0.25, 0.3) is 0 Å². The van der Waals surface area contributed by atoms with Crippen LogP contribution in [0, 0.1) is 11.8 Å². The maximum Gasteiger partial charge on any atom is 0.0919 e. The molecule has 2 atom stereocenters. The van der Waals surface area contributed by atoms with Gasteiger partial charge in [0.15, 0.2) is 0 Å². The highest BCUT2D eigenvalue weighted by Gasteiger charge is 2.03. The van der Waals surface area contributed by atoms with Gasteiger partial charge in [-0.3, -0.25) is 4.39 Å². The molecule has 10 heavy (non-hydrogen) atoms. The van der Waals surface area contributed by atoms with Crippen LogP contribution >= 0.6 is 0 Å². The van der Waals surface area contributed by atoms with Gasteiger partial charge in [-0.1, -0.05) is 33.6 Å². The molecule has 0 aromatic heterocycles. The zero-order valence-electron chi connectivity index (χ0n) is 7.36. The molecule has 0 fully saturated rings. The largest absolute Gasteiger partial charge is 0.251 e. The van der Waals surface area contributed by atoms with E-state index in [-0.39, 0.29) is 12.6 Å². The molecular weight excluding hydrogens is 127 g/mol. The van der Waals surface area contributed by atoms with E-state index in [4.69, 9.17) is 0 Å². The van der Waals surface area contributed by atoms with Gasteiger partial charge in [0.1, 0.15) is 0 Å². The second-order valence-electron chi connectivity index (χ2n) is 3.35. The Bertz CT molecular complexity index is 61.1. The average molecular weight is 146 g/mol. The van der Waals surface area contributed by atoms with Crippen LogP contribution in [0.5, 0.6) is 0 Å². The van der Waals surface area contributed by atoms with Gasteiger partial charge in [-0.05, 0) is 18.3 Å². The summed E-state index contributed by atoms with van der Waals surface area (Å²) in [4.78, 5) is 0. The molecule has 0 rings (SSSR count). The Morgan fingerprint density at radius 2 is 1.60 bits per heavy atom. The molecule has 0 N–H and O–H groups in total. The second kappa shape index (κ2) is 5.70. The van der Waals surface area contributed by atoms with Crippen molar-refractivity contribution in [1.29, 1.82) is 0 Å². The van der Waals surface area contributed by atoms with Gasteiger partial charge in [-0.15, -0.1) is 0 Å². The van der Waals surface area contributed by atoms with Crippen LogP contribution < -0.4 is 0 Å². The first-order valence-electron chi connectivity index (χ1n) is 4.26. The van der Waals surface area contributed by atoms with Crippen LogP contribution in [0.3, 0.4) is 0 Å². The van der Waals surface area contributed by atoms with Crippen LogP contribution in [0.25, 0.3) is 0 Å². The summed E-state index contributed by atoms with van der Waals surface area (Å²) in [7, 11) is 0. The van der Waals surface area contributed by atoms with Gasteiger partial charge in [0.2, 0.25) is 0 Å². The lowest BCUT2D eigenvalue weighted by Gasteiger charge is -2.10. The van der Waals surface area contributed by atoms with Crippen LogP contribution in [-0.2, 0) is 0 Å². The first-order valence-corrected chi connectivity index (χ1v) is 4.26. The summed E-state index contributed by atoms with van der Waals surface area (Å²) in [6.45, 7) is 6.23. The Morgan fingerprint density at radius 3 is 2.00 bits per heavy atom. The molecule has 62 valence electrons. The molecule has 0 aliphatic rings. The molecule has 0 heterocycles. The molecule has 0 aliphatic carbocycles. The quantitative estimate of drug-likeness (QED) is 0.557. The summed E-state index contributed by atoms with van der Waals surface area (Å²) in [5.74, 6) is 1.04. The van der Waals surface area contributed by atoms with E-state index in [2.05, 4.69) is 13.8 Å². The molecule has 1 heteroatoms. The Labute approximate surface area is 63.8 Å². The smallest absolute Gasteiger partial charge is 0.0919 e. The highest BCUT2D eigenvalue weighted by Crippen LogP contribution is 2.14. The Kier molecular flexibility index (Phi) is 5.66. The van der Waals surface area contributed by atoms with Crippen molar-refractivity contribution in [2.24, 2.45) is 11.8 Å². The lowest BCUT2D eigenvalue weighted by Crippen LogP contribution is -2.00. The minimum absolute atomic E-state index is 0.156. The molecule has 0 saturated carbocycles. The Balaban J connectivity index is 3.17. The van der Waals surface area contributed by atoms with Crippen molar-refractivity contribution in [3.63, 3.8) is 0 Å². The van der Waals surface area contributed by atoms with Gasteiger partial charge < -0.3 is 0 Å². The van der Waals surface area contributed by atoms with E-state index >= 15 is 0 Å². The number of hydrogen-bond donors (Lipinski definition) is 0. The Hall–Kier alpha value is -0.0700. The molecule has 2 unspecified atom stereocenters. The minimum atomic E-state index is -0.156. The predicted molar refractivity (Wildman–Crippen MR) is 43.8 cm³/mol. The Morgan fingerprint density at radius 1 is 1.10 bits per heavy atom. The number of halogens is 1. The van der Waals surface area contributed by atoms with Crippen molar-refractivity contribution in [3.8, 4) is 0 Å². The van der Waals surface area contributed by atoms with Crippen LogP contribution in [0.15, 0.2) is 0 Å². The van der Waals surface area contributed by atoms with Crippen molar-refractivity contribution in [1.82, 2.24) is 0 Å². The zero-order valence-corrected chi connectivity index (χ0v) is 7.36. The van der Waals surface area contributed by atoms with Crippen molar-refractivity contribution in [2.45, 2.75) is 40.0 Å². The van der Waals surface area contributed by atoms with E-state index in [1.54, 1.807) is 0 Å². The third-order valence-corrected chi connectivity index (χ3v) is 2.11. The molecule has 0 aromatic rings.